The molecule has 3 aliphatic carbocycles. The summed E-state index contributed by atoms with van der Waals surface area (Å²) in [6.07, 6.45) is 0. The minimum atomic E-state index is -0.339. The van der Waals surface area contributed by atoms with Gasteiger partial charge in [0.2, 0.25) is 0 Å². The van der Waals surface area contributed by atoms with Gasteiger partial charge in [0.25, 0.3) is 0 Å². The molecule has 2 heterocycles. The Balaban J connectivity index is 0.918. The maximum Gasteiger partial charge on any atom is 0.144 e. The third kappa shape index (κ3) is 5.36. The lowest BCUT2D eigenvalue weighted by atomic mass is 9.72. The van der Waals surface area contributed by atoms with Crippen molar-refractivity contribution in [3.63, 3.8) is 0 Å². The van der Waals surface area contributed by atoms with E-state index >= 15 is 0 Å². The van der Waals surface area contributed by atoms with Gasteiger partial charge in [0, 0.05) is 66.0 Å². The summed E-state index contributed by atoms with van der Waals surface area (Å²) >= 11 is 0. The molecule has 0 saturated carbocycles. The Morgan fingerprint density at radius 1 is 0.324 bits per heavy atom. The molecule has 3 aliphatic rings. The molecule has 0 saturated heterocycles. The van der Waals surface area contributed by atoms with Gasteiger partial charge in [0.15, 0.2) is 0 Å². The first-order chi connectivity index (χ1) is 36.0. The molecule has 0 N–H and O–H groups in total. The number of furan rings is 2. The van der Waals surface area contributed by atoms with Crippen LogP contribution in [0.3, 0.4) is 0 Å². The van der Waals surface area contributed by atoms with E-state index in [4.69, 9.17) is 8.83 Å². The van der Waals surface area contributed by atoms with Crippen LogP contribution in [0, 0.1) is 0 Å². The molecule has 0 amide bonds. The van der Waals surface area contributed by atoms with E-state index in [0.717, 1.165) is 55.9 Å². The highest BCUT2D eigenvalue weighted by atomic mass is 16.3. The van der Waals surface area contributed by atoms with Crippen LogP contribution in [0.15, 0.2) is 209 Å². The average molecular weight is 950 g/mol. The molecule has 2 aromatic heterocycles. The second-order valence-corrected chi connectivity index (χ2v) is 22.8. The van der Waals surface area contributed by atoms with Crippen LogP contribution >= 0.6 is 0 Å². The predicted molar refractivity (Wildman–Crippen MR) is 309 cm³/mol. The van der Waals surface area contributed by atoms with Gasteiger partial charge in [-0.25, -0.2) is 0 Å². The Morgan fingerprint density at radius 2 is 0.811 bits per heavy atom. The fourth-order valence-corrected chi connectivity index (χ4v) is 14.2. The third-order valence-electron chi connectivity index (χ3n) is 17.7. The van der Waals surface area contributed by atoms with Gasteiger partial charge in [-0.3, -0.25) is 0 Å². The molecule has 352 valence electrons. The molecule has 0 atom stereocenters. The van der Waals surface area contributed by atoms with Crippen molar-refractivity contribution in [1.29, 1.82) is 0 Å². The lowest BCUT2D eigenvalue weighted by molar-refractivity contribution is 0.600. The number of nitrogens with zero attached hydrogens (tertiary/aromatic N) is 1. The molecule has 0 fully saturated rings. The first kappa shape index (κ1) is 41.9. The highest BCUT2D eigenvalue weighted by Crippen LogP contribution is 2.64. The largest absolute Gasteiger partial charge is 0.455 e. The minimum Gasteiger partial charge on any atom is -0.455 e. The summed E-state index contributed by atoms with van der Waals surface area (Å²) < 4.78 is 13.9. The molecule has 3 heteroatoms. The Bertz CT molecular complexity index is 4650. The second kappa shape index (κ2) is 14.3. The van der Waals surface area contributed by atoms with Crippen molar-refractivity contribution in [1.82, 2.24) is 0 Å². The smallest absolute Gasteiger partial charge is 0.144 e. The Kier molecular flexibility index (Phi) is 8.10. The van der Waals surface area contributed by atoms with Gasteiger partial charge in [-0.15, -0.1) is 0 Å². The molecule has 11 aromatic carbocycles. The monoisotopic (exact) mass is 949 g/mol. The van der Waals surface area contributed by atoms with Crippen molar-refractivity contribution in [3.05, 3.63) is 234 Å². The van der Waals surface area contributed by atoms with Crippen molar-refractivity contribution in [2.45, 2.75) is 57.8 Å². The van der Waals surface area contributed by atoms with Crippen LogP contribution in [0.1, 0.15) is 74.9 Å². The van der Waals surface area contributed by atoms with E-state index < -0.39 is 0 Å². The highest BCUT2D eigenvalue weighted by Gasteiger charge is 2.49. The van der Waals surface area contributed by atoms with E-state index in [9.17, 15) is 0 Å². The topological polar surface area (TPSA) is 29.5 Å². The van der Waals surface area contributed by atoms with E-state index in [2.05, 4.69) is 247 Å². The van der Waals surface area contributed by atoms with Crippen LogP contribution < -0.4 is 4.90 Å². The molecule has 0 radical (unpaired) electrons. The number of para-hydroxylation sites is 2. The van der Waals surface area contributed by atoms with Crippen LogP contribution in [0.2, 0.25) is 0 Å². The van der Waals surface area contributed by atoms with Gasteiger partial charge < -0.3 is 13.7 Å². The summed E-state index contributed by atoms with van der Waals surface area (Å²) in [7, 11) is 0. The molecule has 0 bridgehead atoms. The van der Waals surface area contributed by atoms with Crippen molar-refractivity contribution < 1.29 is 8.83 Å². The molecule has 3 nitrogen and oxygen atoms in total. The summed E-state index contributed by atoms with van der Waals surface area (Å²) in [5, 5.41) is 9.60. The summed E-state index contributed by atoms with van der Waals surface area (Å²) in [6.45, 7) is 14.6. The zero-order valence-corrected chi connectivity index (χ0v) is 42.3. The summed E-state index contributed by atoms with van der Waals surface area (Å²) in [4.78, 5) is 2.50. The Hall–Kier alpha value is -8.66. The number of hydrogen-bond acceptors (Lipinski definition) is 3. The van der Waals surface area contributed by atoms with Crippen LogP contribution in [-0.4, -0.2) is 0 Å². The fourth-order valence-electron chi connectivity index (χ4n) is 14.2. The van der Waals surface area contributed by atoms with Gasteiger partial charge >= 0.3 is 0 Å². The lowest BCUT2D eigenvalue weighted by Gasteiger charge is -2.32. The van der Waals surface area contributed by atoms with Gasteiger partial charge in [-0.1, -0.05) is 181 Å². The van der Waals surface area contributed by atoms with Gasteiger partial charge in [0.05, 0.1) is 0 Å². The molecule has 13 aromatic rings. The van der Waals surface area contributed by atoms with Gasteiger partial charge in [-0.2, -0.15) is 0 Å². The van der Waals surface area contributed by atoms with Gasteiger partial charge in [0.1, 0.15) is 22.3 Å². The van der Waals surface area contributed by atoms with E-state index in [1.165, 1.54) is 104 Å². The molecule has 0 spiro atoms. The zero-order valence-electron chi connectivity index (χ0n) is 42.3. The number of hydrogen-bond donors (Lipinski definition) is 0. The first-order valence-corrected chi connectivity index (χ1v) is 26.2. The molecule has 0 unspecified atom stereocenters. The van der Waals surface area contributed by atoms with E-state index in [1.807, 2.05) is 0 Å². The van der Waals surface area contributed by atoms with Crippen LogP contribution in [0.4, 0.5) is 17.1 Å². The van der Waals surface area contributed by atoms with Crippen LogP contribution in [0.25, 0.3) is 110 Å². The minimum absolute atomic E-state index is 0.234. The molecule has 74 heavy (non-hydrogen) atoms. The summed E-state index contributed by atoms with van der Waals surface area (Å²) in [5.74, 6) is 0. The third-order valence-corrected chi connectivity index (χ3v) is 17.7. The number of anilines is 3. The Labute approximate surface area is 429 Å². The van der Waals surface area contributed by atoms with Crippen LogP contribution in [0.5, 0.6) is 0 Å². The second-order valence-electron chi connectivity index (χ2n) is 22.8. The molecule has 0 aliphatic heterocycles. The number of rotatable bonds is 4. The van der Waals surface area contributed by atoms with E-state index in [0.29, 0.717) is 0 Å². The average Bonchev–Trinajstić information content (AvgIpc) is 4.35. The van der Waals surface area contributed by atoms with E-state index in [1.54, 1.807) is 0 Å². The van der Waals surface area contributed by atoms with Crippen LogP contribution in [-0.2, 0) is 16.2 Å². The predicted octanol–water partition coefficient (Wildman–Crippen LogP) is 19.8. The highest BCUT2D eigenvalue weighted by molar-refractivity contribution is 6.22. The normalized spacial score (nSPS) is 15.2. The van der Waals surface area contributed by atoms with Crippen molar-refractivity contribution >= 4 is 82.5 Å². The molecular formula is C71H51NO2. The standard InChI is InChI=1S/C71H51NO2/c1-69(2)55-37-46(31-33-49(55)60-57(69)39-53(44-28-27-40-17-7-9-19-42(40)35-44)67-62(60)51-22-12-15-25-58(51)73-67)72(45-30-29-41-18-8-10-20-43(41)36-45)47-32-34-50-56(38-47)71(5,6)65-61(50)63-52-23-13-16-26-59(52)74-68(63)64-48-21-11-14-24-54(48)70(3,4)66(64)65/h7-39H,1-6H3. The van der Waals surface area contributed by atoms with E-state index in [-0.39, 0.29) is 16.2 Å². The zero-order chi connectivity index (χ0) is 49.6. The maximum absolute atomic E-state index is 7.01. The first-order valence-electron chi connectivity index (χ1n) is 26.2. The van der Waals surface area contributed by atoms with Crippen molar-refractivity contribution in [2.24, 2.45) is 0 Å². The maximum atomic E-state index is 7.01. The summed E-state index contributed by atoms with van der Waals surface area (Å²) in [5.41, 5.74) is 24.3. The number of fused-ring (bicyclic) bond motifs is 21. The van der Waals surface area contributed by atoms with Crippen molar-refractivity contribution in [3.8, 4) is 44.5 Å². The fraction of sp³-hybridized carbons (Fsp3) is 0.127. The van der Waals surface area contributed by atoms with Crippen molar-refractivity contribution in [2.75, 3.05) is 4.90 Å². The Morgan fingerprint density at radius 3 is 1.51 bits per heavy atom. The molecule has 16 rings (SSSR count). The molecular weight excluding hydrogens is 899 g/mol. The van der Waals surface area contributed by atoms with Gasteiger partial charge in [-0.05, 0) is 149 Å². The summed E-state index contributed by atoms with van der Waals surface area (Å²) in [6, 6.07) is 74.2. The SMILES string of the molecule is CC1(C)c2cc(N(c3ccc4c(c3)C(C)(C)c3c5c(c6oc7ccccc7c6c3-4)-c3ccccc3C5(C)C)c3ccc4ccccc4c3)ccc2-c2c1cc(-c1ccc3ccccc3c1)c1oc3ccccc3c21. The quantitative estimate of drug-likeness (QED) is 0.176. The number of benzene rings is 11. The lowest BCUT2D eigenvalue weighted by Crippen LogP contribution is -2.24.